The third kappa shape index (κ3) is 3.48. The van der Waals surface area contributed by atoms with E-state index >= 15 is 0 Å². The lowest BCUT2D eigenvalue weighted by Crippen LogP contribution is -2.26. The number of hydrogen-bond donors (Lipinski definition) is 2. The van der Waals surface area contributed by atoms with Crippen molar-refractivity contribution in [2.24, 2.45) is 4.99 Å². The fourth-order valence-electron chi connectivity index (χ4n) is 3.00. The molecule has 0 fully saturated rings. The molecule has 0 unspecified atom stereocenters. The van der Waals surface area contributed by atoms with Gasteiger partial charge in [-0.05, 0) is 53.4 Å². The van der Waals surface area contributed by atoms with Crippen molar-refractivity contribution >= 4 is 12.1 Å². The Labute approximate surface area is 148 Å². The second kappa shape index (κ2) is 6.92. The van der Waals surface area contributed by atoms with Crippen molar-refractivity contribution in [3.8, 4) is 11.1 Å². The number of amides is 1. The van der Waals surface area contributed by atoms with E-state index in [-0.39, 0.29) is 25.6 Å². The highest BCUT2D eigenvalue weighted by Gasteiger charge is 2.32. The number of nitrogens with zero attached hydrogens (tertiary/aromatic N) is 1. The van der Waals surface area contributed by atoms with Gasteiger partial charge in [0, 0.05) is 23.9 Å². The maximum absolute atomic E-state index is 13.2. The van der Waals surface area contributed by atoms with Gasteiger partial charge in [-0.25, -0.2) is 0 Å². The second-order valence-electron chi connectivity index (χ2n) is 6.07. The number of benzene rings is 2. The van der Waals surface area contributed by atoms with Gasteiger partial charge in [-0.15, -0.1) is 0 Å². The van der Waals surface area contributed by atoms with E-state index in [1.807, 2.05) is 0 Å². The molecule has 2 aromatic rings. The van der Waals surface area contributed by atoms with E-state index in [1.165, 1.54) is 0 Å². The zero-order valence-corrected chi connectivity index (χ0v) is 14.0. The minimum absolute atomic E-state index is 0.136. The van der Waals surface area contributed by atoms with Crippen molar-refractivity contribution in [2.45, 2.75) is 19.6 Å². The van der Waals surface area contributed by atoms with Crippen LogP contribution in [-0.2, 0) is 12.7 Å². The first-order valence-electron chi connectivity index (χ1n) is 8.05. The summed E-state index contributed by atoms with van der Waals surface area (Å²) in [7, 11) is 0. The lowest BCUT2D eigenvalue weighted by molar-refractivity contribution is -0.137. The standard InChI is InChI=1S/C19H17F3N2O2/c1-11-6-12(18(26)24-4-5-25)2-3-15(11)16-8-14(19(20,21)22)7-13-9-23-10-17(13)16/h2-3,6-8,10,25H,4-5,9H2,1H3,(H,24,26). The fraction of sp³-hybridized carbons (Fsp3) is 0.263. The lowest BCUT2D eigenvalue weighted by Gasteiger charge is -2.15. The Morgan fingerprint density at radius 1 is 1.23 bits per heavy atom. The number of aliphatic hydroxyl groups is 1. The van der Waals surface area contributed by atoms with Crippen LogP contribution in [-0.4, -0.2) is 30.4 Å². The molecule has 0 saturated heterocycles. The molecule has 1 amide bonds. The minimum atomic E-state index is -4.44. The van der Waals surface area contributed by atoms with Gasteiger partial charge in [-0.2, -0.15) is 13.2 Å². The van der Waals surface area contributed by atoms with Gasteiger partial charge in [0.2, 0.25) is 0 Å². The largest absolute Gasteiger partial charge is 0.416 e. The van der Waals surface area contributed by atoms with Crippen molar-refractivity contribution in [2.75, 3.05) is 13.2 Å². The maximum Gasteiger partial charge on any atom is 0.416 e. The second-order valence-corrected chi connectivity index (χ2v) is 6.07. The van der Waals surface area contributed by atoms with Crippen molar-refractivity contribution in [1.82, 2.24) is 5.32 Å². The van der Waals surface area contributed by atoms with Crippen LogP contribution in [0.4, 0.5) is 13.2 Å². The molecule has 1 aliphatic rings. The summed E-state index contributed by atoms with van der Waals surface area (Å²) in [5.74, 6) is -0.343. The van der Waals surface area contributed by atoms with Gasteiger partial charge in [0.05, 0.1) is 18.7 Å². The highest BCUT2D eigenvalue weighted by molar-refractivity contribution is 5.97. The summed E-state index contributed by atoms with van der Waals surface area (Å²) >= 11 is 0. The van der Waals surface area contributed by atoms with Gasteiger partial charge in [-0.3, -0.25) is 9.79 Å². The van der Waals surface area contributed by atoms with Gasteiger partial charge in [-0.1, -0.05) is 6.07 Å². The average molecular weight is 362 g/mol. The molecule has 2 aromatic carbocycles. The summed E-state index contributed by atoms with van der Waals surface area (Å²) in [5, 5.41) is 11.3. The summed E-state index contributed by atoms with van der Waals surface area (Å²) in [5.41, 5.74) is 2.66. The van der Waals surface area contributed by atoms with Crippen molar-refractivity contribution in [1.29, 1.82) is 0 Å². The molecule has 7 heteroatoms. The molecule has 136 valence electrons. The van der Waals surface area contributed by atoms with Crippen LogP contribution >= 0.6 is 0 Å². The summed E-state index contributed by atoms with van der Waals surface area (Å²) in [6.45, 7) is 1.94. The van der Waals surface area contributed by atoms with Crippen LogP contribution in [0.3, 0.4) is 0 Å². The monoisotopic (exact) mass is 362 g/mol. The van der Waals surface area contributed by atoms with Crippen molar-refractivity contribution in [3.05, 3.63) is 58.1 Å². The number of carbonyl (C=O) groups is 1. The molecule has 2 N–H and O–H groups in total. The lowest BCUT2D eigenvalue weighted by atomic mass is 9.91. The van der Waals surface area contributed by atoms with E-state index in [0.717, 1.165) is 12.1 Å². The van der Waals surface area contributed by atoms with E-state index in [1.54, 1.807) is 31.3 Å². The zero-order chi connectivity index (χ0) is 18.9. The Kier molecular flexibility index (Phi) is 4.82. The topological polar surface area (TPSA) is 61.7 Å². The van der Waals surface area contributed by atoms with Crippen molar-refractivity contribution in [3.63, 3.8) is 0 Å². The predicted octanol–water partition coefficient (Wildman–Crippen LogP) is 3.34. The number of fused-ring (bicyclic) bond motifs is 1. The molecular weight excluding hydrogens is 345 g/mol. The molecule has 3 rings (SSSR count). The normalized spacial score (nSPS) is 13.0. The molecule has 0 atom stereocenters. The van der Waals surface area contributed by atoms with E-state index in [2.05, 4.69) is 10.3 Å². The van der Waals surface area contributed by atoms with Crippen LogP contribution in [0, 0.1) is 6.92 Å². The van der Waals surface area contributed by atoms with Crippen LogP contribution in [0.15, 0.2) is 35.3 Å². The SMILES string of the molecule is Cc1cc(C(=O)NCCO)ccc1-c1cc(C(F)(F)F)cc2c1C=NC2. The molecule has 0 spiro atoms. The van der Waals surface area contributed by atoms with Gasteiger partial charge in [0.25, 0.3) is 5.91 Å². The zero-order valence-electron chi connectivity index (χ0n) is 14.0. The first-order chi connectivity index (χ1) is 12.3. The number of aliphatic hydroxyl groups excluding tert-OH is 1. The Morgan fingerprint density at radius 3 is 2.65 bits per heavy atom. The van der Waals surface area contributed by atoms with Crippen LogP contribution in [0.1, 0.15) is 32.6 Å². The predicted molar refractivity (Wildman–Crippen MR) is 92.3 cm³/mol. The number of hydrogen-bond acceptors (Lipinski definition) is 3. The smallest absolute Gasteiger partial charge is 0.395 e. The van der Waals surface area contributed by atoms with E-state index in [0.29, 0.717) is 33.4 Å². The Hall–Kier alpha value is -2.67. The number of alkyl halides is 3. The van der Waals surface area contributed by atoms with Gasteiger partial charge < -0.3 is 10.4 Å². The summed E-state index contributed by atoms with van der Waals surface area (Å²) in [6, 6.07) is 7.10. The Morgan fingerprint density at radius 2 is 2.00 bits per heavy atom. The first kappa shape index (κ1) is 18.1. The highest BCUT2D eigenvalue weighted by atomic mass is 19.4. The Bertz CT molecular complexity index is 889. The minimum Gasteiger partial charge on any atom is -0.395 e. The molecular formula is C19H17F3N2O2. The van der Waals surface area contributed by atoms with E-state index < -0.39 is 11.7 Å². The van der Waals surface area contributed by atoms with Gasteiger partial charge in [0.15, 0.2) is 0 Å². The van der Waals surface area contributed by atoms with E-state index in [9.17, 15) is 18.0 Å². The third-order valence-corrected chi connectivity index (χ3v) is 4.25. The summed E-state index contributed by atoms with van der Waals surface area (Å²) < 4.78 is 39.7. The number of carbonyl (C=O) groups excluding carboxylic acids is 1. The number of halogens is 3. The molecule has 1 aliphatic heterocycles. The number of aryl methyl sites for hydroxylation is 1. The average Bonchev–Trinajstić information content (AvgIpc) is 3.06. The maximum atomic E-state index is 13.2. The van der Waals surface area contributed by atoms with Gasteiger partial charge >= 0.3 is 6.18 Å². The number of rotatable bonds is 4. The summed E-state index contributed by atoms with van der Waals surface area (Å²) in [4.78, 5) is 16.1. The molecule has 26 heavy (non-hydrogen) atoms. The molecule has 0 aliphatic carbocycles. The third-order valence-electron chi connectivity index (χ3n) is 4.25. The highest BCUT2D eigenvalue weighted by Crippen LogP contribution is 2.38. The van der Waals surface area contributed by atoms with Crippen LogP contribution in [0.25, 0.3) is 11.1 Å². The van der Waals surface area contributed by atoms with Crippen LogP contribution in [0.5, 0.6) is 0 Å². The van der Waals surface area contributed by atoms with Crippen LogP contribution < -0.4 is 5.32 Å². The number of aliphatic imine (C=N–C) groups is 1. The fourth-order valence-corrected chi connectivity index (χ4v) is 3.00. The molecule has 0 aromatic heterocycles. The molecule has 4 nitrogen and oxygen atoms in total. The first-order valence-corrected chi connectivity index (χ1v) is 8.05. The number of nitrogens with one attached hydrogen (secondary N) is 1. The summed E-state index contributed by atoms with van der Waals surface area (Å²) in [6.07, 6.45) is -2.85. The molecule has 0 bridgehead atoms. The molecule has 1 heterocycles. The molecule has 0 saturated carbocycles. The Balaban J connectivity index is 2.05. The molecule has 0 radical (unpaired) electrons. The quantitative estimate of drug-likeness (QED) is 0.876. The van der Waals surface area contributed by atoms with Crippen LogP contribution in [0.2, 0.25) is 0 Å². The van der Waals surface area contributed by atoms with Gasteiger partial charge in [0.1, 0.15) is 0 Å². The van der Waals surface area contributed by atoms with E-state index in [4.69, 9.17) is 5.11 Å². The van der Waals surface area contributed by atoms with Crippen molar-refractivity contribution < 1.29 is 23.1 Å².